The number of para-hydroxylation sites is 1. The summed E-state index contributed by atoms with van der Waals surface area (Å²) < 4.78 is 33.0. The van der Waals surface area contributed by atoms with E-state index < -0.39 is 21.8 Å². The van der Waals surface area contributed by atoms with Gasteiger partial charge in [0.2, 0.25) is 10.0 Å². The van der Waals surface area contributed by atoms with Crippen molar-refractivity contribution < 1.29 is 22.7 Å². The van der Waals surface area contributed by atoms with E-state index in [2.05, 4.69) is 10.6 Å². The van der Waals surface area contributed by atoms with Crippen LogP contribution in [-0.4, -0.2) is 50.8 Å². The molecule has 9 heteroatoms. The first-order chi connectivity index (χ1) is 15.3. The first kappa shape index (κ1) is 23.7. The summed E-state index contributed by atoms with van der Waals surface area (Å²) in [4.78, 5) is 24.6. The molecule has 2 N–H and O–H groups in total. The molecule has 1 heterocycles. The third-order valence-corrected chi connectivity index (χ3v) is 7.57. The molecule has 1 unspecified atom stereocenters. The lowest BCUT2D eigenvalue weighted by atomic mass is 10.0. The van der Waals surface area contributed by atoms with Crippen LogP contribution < -0.4 is 15.4 Å². The molecular formula is C23H29N3O5S. The topological polar surface area (TPSA) is 105 Å². The number of methoxy groups -OCH3 is 1. The molecule has 0 bridgehead atoms. The quantitative estimate of drug-likeness (QED) is 0.620. The fraction of sp³-hybridized carbons (Fsp3) is 0.391. The molecule has 0 spiro atoms. The van der Waals surface area contributed by atoms with Crippen LogP contribution in [0.4, 0.5) is 5.69 Å². The van der Waals surface area contributed by atoms with Gasteiger partial charge >= 0.3 is 11.8 Å². The summed E-state index contributed by atoms with van der Waals surface area (Å²) >= 11 is 0. The van der Waals surface area contributed by atoms with Crippen LogP contribution in [0.25, 0.3) is 0 Å². The number of rotatable bonds is 7. The Morgan fingerprint density at radius 3 is 2.47 bits per heavy atom. The molecule has 1 atom stereocenters. The van der Waals surface area contributed by atoms with Gasteiger partial charge in [-0.05, 0) is 62.1 Å². The van der Waals surface area contributed by atoms with E-state index in [4.69, 9.17) is 4.74 Å². The Labute approximate surface area is 189 Å². The largest absolute Gasteiger partial charge is 0.497 e. The highest BCUT2D eigenvalue weighted by atomic mass is 32.2. The molecule has 1 aliphatic heterocycles. The molecule has 2 aromatic carbocycles. The molecule has 8 nitrogen and oxygen atoms in total. The maximum Gasteiger partial charge on any atom is 0.313 e. The van der Waals surface area contributed by atoms with Gasteiger partial charge in [-0.3, -0.25) is 9.59 Å². The maximum atomic E-state index is 13.2. The summed E-state index contributed by atoms with van der Waals surface area (Å²) in [5, 5.41) is 5.20. The monoisotopic (exact) mass is 459 g/mol. The van der Waals surface area contributed by atoms with Gasteiger partial charge in [0.05, 0.1) is 12.0 Å². The zero-order chi connectivity index (χ0) is 23.1. The number of sulfonamides is 1. The van der Waals surface area contributed by atoms with Gasteiger partial charge in [0.15, 0.2) is 0 Å². The van der Waals surface area contributed by atoms with Crippen LogP contribution in [0.15, 0.2) is 53.4 Å². The van der Waals surface area contributed by atoms with Gasteiger partial charge in [-0.1, -0.05) is 24.6 Å². The van der Waals surface area contributed by atoms with E-state index in [1.165, 1.54) is 23.5 Å². The van der Waals surface area contributed by atoms with Crippen LogP contribution in [-0.2, 0) is 19.6 Å². The number of nitrogens with zero attached hydrogens (tertiary/aromatic N) is 1. The number of hydrogen-bond acceptors (Lipinski definition) is 5. The third kappa shape index (κ3) is 5.66. The number of hydrogen-bond donors (Lipinski definition) is 2. The normalized spacial score (nSPS) is 16.9. The fourth-order valence-electron chi connectivity index (χ4n) is 3.79. The highest BCUT2D eigenvalue weighted by molar-refractivity contribution is 7.89. The number of carbonyl (C=O) groups excluding carboxylic acids is 2. The lowest BCUT2D eigenvalue weighted by Crippen LogP contribution is -2.45. The Hall–Kier alpha value is -2.91. The number of ether oxygens (including phenoxy) is 1. The predicted molar refractivity (Wildman–Crippen MR) is 122 cm³/mol. The Morgan fingerprint density at radius 1 is 1.06 bits per heavy atom. The van der Waals surface area contributed by atoms with E-state index in [-0.39, 0.29) is 17.5 Å². The van der Waals surface area contributed by atoms with Crippen molar-refractivity contribution >= 4 is 27.5 Å². The fourth-order valence-corrected chi connectivity index (χ4v) is 5.51. The van der Waals surface area contributed by atoms with Gasteiger partial charge in [0.1, 0.15) is 5.75 Å². The highest BCUT2D eigenvalue weighted by Gasteiger charge is 2.33. The number of piperidine rings is 1. The van der Waals surface area contributed by atoms with Crippen LogP contribution in [0.3, 0.4) is 0 Å². The Morgan fingerprint density at radius 2 is 1.78 bits per heavy atom. The number of carbonyl (C=O) groups is 2. The Kier molecular flexibility index (Phi) is 7.87. The van der Waals surface area contributed by atoms with Crippen molar-refractivity contribution in [3.8, 4) is 5.75 Å². The number of aryl methyl sites for hydroxylation is 1. The van der Waals surface area contributed by atoms with Crippen LogP contribution in [0, 0.1) is 6.92 Å². The van der Waals surface area contributed by atoms with Crippen LogP contribution in [0.2, 0.25) is 0 Å². The number of anilines is 1. The minimum Gasteiger partial charge on any atom is -0.497 e. The summed E-state index contributed by atoms with van der Waals surface area (Å²) in [6.07, 6.45) is 2.84. The molecule has 2 amide bonds. The summed E-state index contributed by atoms with van der Waals surface area (Å²) in [5.41, 5.74) is 1.44. The number of amides is 2. The second-order valence-corrected chi connectivity index (χ2v) is 9.65. The van der Waals surface area contributed by atoms with Gasteiger partial charge in [-0.25, -0.2) is 8.42 Å². The van der Waals surface area contributed by atoms with Crippen LogP contribution in [0.5, 0.6) is 5.75 Å². The molecule has 0 radical (unpaired) electrons. The van der Waals surface area contributed by atoms with E-state index in [0.29, 0.717) is 30.8 Å². The zero-order valence-corrected chi connectivity index (χ0v) is 19.2. The van der Waals surface area contributed by atoms with E-state index >= 15 is 0 Å². The summed E-state index contributed by atoms with van der Waals surface area (Å²) in [6.45, 7) is 2.48. The molecular weight excluding hydrogens is 430 g/mol. The standard InChI is InChI=1S/C23H29N3O5S/c1-17-7-3-4-9-21(17)25-23(28)22(27)24-15-14-18-8-5-6-16-26(18)32(29,30)20-12-10-19(31-2)11-13-20/h3-4,7,9-13,18H,5-6,8,14-16H2,1-2H3,(H,24,27)(H,25,28). The molecule has 1 aliphatic rings. The summed E-state index contributed by atoms with van der Waals surface area (Å²) in [7, 11) is -2.14. The first-order valence-corrected chi connectivity index (χ1v) is 12.1. The number of nitrogens with one attached hydrogen (secondary N) is 2. The van der Waals surface area contributed by atoms with Crippen molar-refractivity contribution in [2.45, 2.75) is 43.5 Å². The molecule has 32 heavy (non-hydrogen) atoms. The van der Waals surface area contributed by atoms with Gasteiger partial charge < -0.3 is 15.4 Å². The molecule has 3 rings (SSSR count). The average Bonchev–Trinajstić information content (AvgIpc) is 2.80. The summed E-state index contributed by atoms with van der Waals surface area (Å²) in [5.74, 6) is -0.898. The van der Waals surface area contributed by atoms with Crippen molar-refractivity contribution in [2.24, 2.45) is 0 Å². The molecule has 0 aliphatic carbocycles. The maximum absolute atomic E-state index is 13.2. The Balaban J connectivity index is 1.58. The van der Waals surface area contributed by atoms with Crippen LogP contribution >= 0.6 is 0 Å². The molecule has 1 fully saturated rings. The first-order valence-electron chi connectivity index (χ1n) is 10.6. The van der Waals surface area contributed by atoms with Crippen molar-refractivity contribution in [3.05, 3.63) is 54.1 Å². The highest BCUT2D eigenvalue weighted by Crippen LogP contribution is 2.28. The van der Waals surface area contributed by atoms with Crippen LogP contribution in [0.1, 0.15) is 31.2 Å². The van der Waals surface area contributed by atoms with Crippen molar-refractivity contribution in [3.63, 3.8) is 0 Å². The second-order valence-electron chi connectivity index (χ2n) is 7.75. The lowest BCUT2D eigenvalue weighted by molar-refractivity contribution is -0.136. The number of benzene rings is 2. The molecule has 1 saturated heterocycles. The third-order valence-electron chi connectivity index (χ3n) is 5.60. The van der Waals surface area contributed by atoms with E-state index in [9.17, 15) is 18.0 Å². The van der Waals surface area contributed by atoms with Gasteiger partial charge in [-0.2, -0.15) is 4.31 Å². The second kappa shape index (κ2) is 10.6. The minimum absolute atomic E-state index is 0.208. The summed E-state index contributed by atoms with van der Waals surface area (Å²) in [6, 6.07) is 13.3. The Bertz CT molecular complexity index is 1050. The molecule has 0 saturated carbocycles. The molecule has 172 valence electrons. The van der Waals surface area contributed by atoms with Crippen molar-refractivity contribution in [2.75, 3.05) is 25.5 Å². The van der Waals surface area contributed by atoms with E-state index in [1.807, 2.05) is 19.1 Å². The van der Waals surface area contributed by atoms with Crippen molar-refractivity contribution in [1.82, 2.24) is 9.62 Å². The van der Waals surface area contributed by atoms with Gasteiger partial charge in [0, 0.05) is 24.8 Å². The van der Waals surface area contributed by atoms with E-state index in [0.717, 1.165) is 18.4 Å². The predicted octanol–water partition coefficient (Wildman–Crippen LogP) is 2.69. The smallest absolute Gasteiger partial charge is 0.313 e. The average molecular weight is 460 g/mol. The molecule has 2 aromatic rings. The van der Waals surface area contributed by atoms with Gasteiger partial charge in [0.25, 0.3) is 0 Å². The molecule has 0 aromatic heterocycles. The lowest BCUT2D eigenvalue weighted by Gasteiger charge is -2.34. The van der Waals surface area contributed by atoms with Gasteiger partial charge in [-0.15, -0.1) is 0 Å². The SMILES string of the molecule is COc1ccc(S(=O)(=O)N2CCCCC2CCNC(=O)C(=O)Nc2ccccc2C)cc1. The minimum atomic E-state index is -3.66. The van der Waals surface area contributed by atoms with E-state index in [1.54, 1.807) is 24.3 Å². The van der Waals surface area contributed by atoms with Crippen molar-refractivity contribution in [1.29, 1.82) is 0 Å². The zero-order valence-electron chi connectivity index (χ0n) is 18.3.